The van der Waals surface area contributed by atoms with Crippen LogP contribution in [0.25, 0.3) is 0 Å². The molecule has 8 heteroatoms. The van der Waals surface area contributed by atoms with E-state index in [4.69, 9.17) is 0 Å². The SMILES string of the molecule is CCC(C)OC(=O)NS(=O)(=O)[O-].[Na+]. The van der Waals surface area contributed by atoms with Gasteiger partial charge < -0.3 is 9.29 Å². The van der Waals surface area contributed by atoms with E-state index in [-0.39, 0.29) is 29.6 Å². The summed E-state index contributed by atoms with van der Waals surface area (Å²) in [7, 11) is -4.75. The first-order valence-corrected chi connectivity index (χ1v) is 4.70. The van der Waals surface area contributed by atoms with E-state index in [1.807, 2.05) is 0 Å². The molecule has 0 aliphatic carbocycles. The van der Waals surface area contributed by atoms with Crippen molar-refractivity contribution >= 4 is 16.4 Å². The molecule has 0 fully saturated rings. The molecule has 0 heterocycles. The number of nitrogens with one attached hydrogen (secondary N) is 1. The molecule has 0 aromatic rings. The van der Waals surface area contributed by atoms with Crippen LogP contribution in [0, 0.1) is 0 Å². The summed E-state index contributed by atoms with van der Waals surface area (Å²) >= 11 is 0. The molecule has 0 aromatic carbocycles. The maximum atomic E-state index is 10.5. The second-order valence-corrected chi connectivity index (χ2v) is 3.29. The Hall–Kier alpha value is 0.180. The molecule has 1 unspecified atom stereocenters. The summed E-state index contributed by atoms with van der Waals surface area (Å²) in [4.78, 5) is 10.5. The van der Waals surface area contributed by atoms with Crippen molar-refractivity contribution in [3.63, 3.8) is 0 Å². The van der Waals surface area contributed by atoms with E-state index in [1.165, 1.54) is 0 Å². The molecule has 0 aromatic heterocycles. The molecule has 0 aliphatic heterocycles. The van der Waals surface area contributed by atoms with E-state index in [0.29, 0.717) is 6.42 Å². The maximum Gasteiger partial charge on any atom is 1.00 e. The predicted octanol–water partition coefficient (Wildman–Crippen LogP) is -3.02. The Labute approximate surface area is 99.2 Å². The summed E-state index contributed by atoms with van der Waals surface area (Å²) in [5, 5.41) is 0. The summed E-state index contributed by atoms with van der Waals surface area (Å²) in [6.07, 6.45) is -1.10. The van der Waals surface area contributed by atoms with E-state index in [9.17, 15) is 17.8 Å². The molecule has 13 heavy (non-hydrogen) atoms. The van der Waals surface area contributed by atoms with Crippen molar-refractivity contribution in [1.29, 1.82) is 0 Å². The van der Waals surface area contributed by atoms with E-state index in [0.717, 1.165) is 4.72 Å². The van der Waals surface area contributed by atoms with E-state index < -0.39 is 22.5 Å². The zero-order valence-corrected chi connectivity index (χ0v) is 10.6. The van der Waals surface area contributed by atoms with Gasteiger partial charge in [-0.2, -0.15) is 0 Å². The molecule has 0 radical (unpaired) electrons. The van der Waals surface area contributed by atoms with Gasteiger partial charge in [0.15, 0.2) is 10.3 Å². The van der Waals surface area contributed by atoms with Crippen molar-refractivity contribution in [3.05, 3.63) is 0 Å². The average Bonchev–Trinajstić information content (AvgIpc) is 1.82. The van der Waals surface area contributed by atoms with Gasteiger partial charge in [0.2, 0.25) is 0 Å². The van der Waals surface area contributed by atoms with Gasteiger partial charge in [0.25, 0.3) is 0 Å². The van der Waals surface area contributed by atoms with E-state index in [1.54, 1.807) is 13.8 Å². The molecule has 1 atom stereocenters. The van der Waals surface area contributed by atoms with Gasteiger partial charge in [0.1, 0.15) is 6.10 Å². The van der Waals surface area contributed by atoms with Gasteiger partial charge in [-0.25, -0.2) is 17.9 Å². The number of carbonyl (C=O) groups excluding carboxylic acids is 1. The number of hydrogen-bond acceptors (Lipinski definition) is 5. The van der Waals surface area contributed by atoms with Gasteiger partial charge in [0, 0.05) is 0 Å². The molecule has 1 N–H and O–H groups in total. The minimum absolute atomic E-state index is 0. The quantitative estimate of drug-likeness (QED) is 0.402. The van der Waals surface area contributed by atoms with Crippen LogP contribution in [-0.4, -0.2) is 25.2 Å². The maximum absolute atomic E-state index is 10.5. The van der Waals surface area contributed by atoms with Gasteiger partial charge in [0.05, 0.1) is 0 Å². The molecule has 0 aliphatic rings. The topological polar surface area (TPSA) is 95.5 Å². The summed E-state index contributed by atoms with van der Waals surface area (Å²) in [6.45, 7) is 3.33. The van der Waals surface area contributed by atoms with Crippen LogP contribution in [0.3, 0.4) is 0 Å². The van der Waals surface area contributed by atoms with Crippen molar-refractivity contribution in [2.24, 2.45) is 0 Å². The van der Waals surface area contributed by atoms with Crippen molar-refractivity contribution in [1.82, 2.24) is 4.72 Å². The normalized spacial score (nSPS) is 12.5. The molecule has 6 nitrogen and oxygen atoms in total. The van der Waals surface area contributed by atoms with Crippen molar-refractivity contribution in [2.45, 2.75) is 26.4 Å². The largest absolute Gasteiger partial charge is 1.00 e. The second kappa shape index (κ2) is 6.61. The third-order valence-corrected chi connectivity index (χ3v) is 1.51. The molecular weight excluding hydrogens is 209 g/mol. The molecule has 0 bridgehead atoms. The van der Waals surface area contributed by atoms with Gasteiger partial charge in [-0.1, -0.05) is 6.92 Å². The Bertz CT molecular complexity index is 252. The average molecular weight is 219 g/mol. The summed E-state index contributed by atoms with van der Waals surface area (Å²) in [5.41, 5.74) is 0. The molecule has 0 rings (SSSR count). The molecule has 72 valence electrons. The first kappa shape index (κ1) is 15.6. The minimum atomic E-state index is -4.75. The zero-order chi connectivity index (χ0) is 9.78. The van der Waals surface area contributed by atoms with Gasteiger partial charge in [-0.05, 0) is 13.3 Å². The second-order valence-electron chi connectivity index (χ2n) is 2.18. The molecule has 1 amide bonds. The fourth-order valence-electron chi connectivity index (χ4n) is 0.392. The van der Waals surface area contributed by atoms with Crippen molar-refractivity contribution < 1.29 is 52.1 Å². The van der Waals surface area contributed by atoms with Crippen LogP contribution >= 0.6 is 0 Å². The fourth-order valence-corrected chi connectivity index (χ4v) is 0.644. The number of hydrogen-bond donors (Lipinski definition) is 1. The zero-order valence-electron chi connectivity index (χ0n) is 7.73. The number of amides is 1. The molecule has 0 saturated carbocycles. The minimum Gasteiger partial charge on any atom is -0.731 e. The van der Waals surface area contributed by atoms with Crippen LogP contribution in [0.1, 0.15) is 20.3 Å². The first-order chi connectivity index (χ1) is 5.35. The monoisotopic (exact) mass is 219 g/mol. The van der Waals surface area contributed by atoms with E-state index >= 15 is 0 Å². The van der Waals surface area contributed by atoms with Gasteiger partial charge in [-0.3, -0.25) is 0 Å². The summed E-state index contributed by atoms with van der Waals surface area (Å²) in [5.74, 6) is 0. The van der Waals surface area contributed by atoms with Crippen LogP contribution in [0.5, 0.6) is 0 Å². The molecular formula is C5H10NNaO5S. The summed E-state index contributed by atoms with van der Waals surface area (Å²) in [6, 6.07) is 0. The number of ether oxygens (including phenoxy) is 1. The van der Waals surface area contributed by atoms with Crippen molar-refractivity contribution in [2.75, 3.05) is 0 Å². The number of rotatable bonds is 3. The summed E-state index contributed by atoms with van der Waals surface area (Å²) < 4.78 is 35.4. The molecule has 0 spiro atoms. The smallest absolute Gasteiger partial charge is 0.731 e. The van der Waals surface area contributed by atoms with Crippen LogP contribution < -0.4 is 34.3 Å². The Balaban J connectivity index is 0. The third-order valence-electron chi connectivity index (χ3n) is 1.09. The van der Waals surface area contributed by atoms with E-state index in [2.05, 4.69) is 4.74 Å². The Kier molecular flexibility index (Phi) is 7.95. The Morgan fingerprint density at radius 2 is 2.08 bits per heavy atom. The first-order valence-electron chi connectivity index (χ1n) is 3.29. The third kappa shape index (κ3) is 10.1. The Morgan fingerprint density at radius 1 is 1.62 bits per heavy atom. The van der Waals surface area contributed by atoms with Gasteiger partial charge >= 0.3 is 35.7 Å². The van der Waals surface area contributed by atoms with Crippen LogP contribution in [0.4, 0.5) is 4.79 Å². The van der Waals surface area contributed by atoms with Crippen LogP contribution in [0.15, 0.2) is 0 Å². The van der Waals surface area contributed by atoms with Crippen LogP contribution in [0.2, 0.25) is 0 Å². The fraction of sp³-hybridized carbons (Fsp3) is 0.800. The molecule has 0 saturated heterocycles. The van der Waals surface area contributed by atoms with Gasteiger partial charge in [-0.15, -0.1) is 0 Å². The standard InChI is InChI=1S/C5H11NO5S.Na/c1-3-4(2)11-5(7)6-12(8,9)10;/h4H,3H2,1-2H3,(H,6,7)(H,8,9,10);/q;+1/p-1. The predicted molar refractivity (Wildman–Crippen MR) is 39.1 cm³/mol. The Morgan fingerprint density at radius 3 is 2.38 bits per heavy atom. The van der Waals surface area contributed by atoms with Crippen LogP contribution in [-0.2, 0) is 15.0 Å². The van der Waals surface area contributed by atoms with Crippen molar-refractivity contribution in [3.8, 4) is 0 Å². The number of carbonyl (C=O) groups is 1.